The van der Waals surface area contributed by atoms with E-state index in [4.69, 9.17) is 24.5 Å². The van der Waals surface area contributed by atoms with Crippen LogP contribution in [0, 0.1) is 0 Å². The van der Waals surface area contributed by atoms with Gasteiger partial charge in [0.1, 0.15) is 5.75 Å². The fourth-order valence-corrected chi connectivity index (χ4v) is 5.31. The smallest absolute Gasteiger partial charge is 0.414 e. The van der Waals surface area contributed by atoms with Crippen LogP contribution in [0.1, 0.15) is 30.1 Å². The summed E-state index contributed by atoms with van der Waals surface area (Å²) in [6.07, 6.45) is 3.25. The number of aliphatic carboxylic acids is 2. The van der Waals surface area contributed by atoms with E-state index in [1.165, 1.54) is 16.9 Å². The van der Waals surface area contributed by atoms with Crippen LogP contribution in [0.25, 0.3) is 21.1 Å². The molecule has 1 atom stereocenters. The molecule has 1 fully saturated rings. The highest BCUT2D eigenvalue weighted by molar-refractivity contribution is 7.16. The predicted octanol–water partition coefficient (Wildman–Crippen LogP) is 2.59. The van der Waals surface area contributed by atoms with Crippen molar-refractivity contribution in [3.63, 3.8) is 0 Å². The SMILES string of the molecule is COc1ccc2nccc([C@@H](O)CN3CCC(NCc4ccc5sc(=O)[nH]c5c4)CC3)c2c1.O=C(O)C(=O)O. The number of nitrogens with one attached hydrogen (secondary N) is 2. The number of H-pyrrole nitrogens is 1. The van der Waals surface area contributed by atoms with Crippen molar-refractivity contribution in [3.05, 3.63) is 69.5 Å². The van der Waals surface area contributed by atoms with Crippen molar-refractivity contribution in [2.75, 3.05) is 26.7 Å². The van der Waals surface area contributed by atoms with E-state index < -0.39 is 18.0 Å². The summed E-state index contributed by atoms with van der Waals surface area (Å²) in [5.41, 5.74) is 3.84. The van der Waals surface area contributed by atoms with Gasteiger partial charge in [-0.05, 0) is 73.5 Å². The van der Waals surface area contributed by atoms with E-state index in [0.29, 0.717) is 12.6 Å². The number of ether oxygens (including phenoxy) is 1. The van der Waals surface area contributed by atoms with E-state index >= 15 is 0 Å². The van der Waals surface area contributed by atoms with Crippen molar-refractivity contribution in [1.82, 2.24) is 20.2 Å². The van der Waals surface area contributed by atoms with Gasteiger partial charge in [0.25, 0.3) is 0 Å². The maximum absolute atomic E-state index is 11.5. The summed E-state index contributed by atoms with van der Waals surface area (Å²) in [5, 5.41) is 30.4. The number of nitrogens with zero attached hydrogens (tertiary/aromatic N) is 2. The molecule has 0 radical (unpaired) electrons. The number of aliphatic hydroxyl groups is 1. The summed E-state index contributed by atoms with van der Waals surface area (Å²) in [4.78, 5) is 39.3. The molecule has 1 aliphatic heterocycles. The third-order valence-corrected chi connectivity index (χ3v) is 7.48. The number of aliphatic hydroxyl groups excluding tert-OH is 1. The van der Waals surface area contributed by atoms with E-state index in [2.05, 4.69) is 32.3 Å². The van der Waals surface area contributed by atoms with E-state index in [0.717, 1.165) is 64.9 Å². The van der Waals surface area contributed by atoms with Crippen LogP contribution in [0.3, 0.4) is 0 Å². The van der Waals surface area contributed by atoms with Gasteiger partial charge in [-0.2, -0.15) is 0 Å². The Balaban J connectivity index is 0.000000531. The van der Waals surface area contributed by atoms with Crippen LogP contribution >= 0.6 is 11.3 Å². The number of piperidine rings is 1. The number of rotatable bonds is 7. The predicted molar refractivity (Wildman–Crippen MR) is 147 cm³/mol. The lowest BCUT2D eigenvalue weighted by atomic mass is 10.0. The number of carboxylic acids is 2. The Morgan fingerprint density at radius 3 is 2.59 bits per heavy atom. The Labute approximate surface area is 227 Å². The van der Waals surface area contributed by atoms with Gasteiger partial charge in [0, 0.05) is 30.7 Å². The maximum atomic E-state index is 11.5. The van der Waals surface area contributed by atoms with Crippen molar-refractivity contribution in [1.29, 1.82) is 0 Å². The van der Waals surface area contributed by atoms with Crippen molar-refractivity contribution in [2.24, 2.45) is 0 Å². The molecule has 3 heterocycles. The molecule has 0 unspecified atom stereocenters. The Kier molecular flexibility index (Phi) is 9.25. The topological polar surface area (TPSA) is 165 Å². The van der Waals surface area contributed by atoms with Crippen LogP contribution in [0.4, 0.5) is 0 Å². The molecule has 0 bridgehead atoms. The number of pyridine rings is 1. The zero-order valence-corrected chi connectivity index (χ0v) is 22.1. The van der Waals surface area contributed by atoms with E-state index in [-0.39, 0.29) is 4.87 Å². The number of carboxylic acid groups (broad SMARTS) is 2. The lowest BCUT2D eigenvalue weighted by Crippen LogP contribution is -2.43. The van der Waals surface area contributed by atoms with E-state index in [1.54, 1.807) is 13.3 Å². The molecular formula is C27H30N4O7S. The number of fused-ring (bicyclic) bond motifs is 2. The minimum atomic E-state index is -1.82. The first kappa shape index (κ1) is 28.2. The van der Waals surface area contributed by atoms with Gasteiger partial charge >= 0.3 is 16.8 Å². The zero-order valence-electron chi connectivity index (χ0n) is 21.3. The molecule has 5 rings (SSSR count). The number of hydrogen-bond donors (Lipinski definition) is 5. The molecule has 206 valence electrons. The average Bonchev–Trinajstić information content (AvgIpc) is 3.31. The van der Waals surface area contributed by atoms with Crippen LogP contribution in [0.5, 0.6) is 5.75 Å². The molecule has 39 heavy (non-hydrogen) atoms. The molecule has 2 aromatic carbocycles. The van der Waals surface area contributed by atoms with E-state index in [9.17, 15) is 9.90 Å². The Morgan fingerprint density at radius 1 is 1.15 bits per heavy atom. The van der Waals surface area contributed by atoms with Gasteiger partial charge in [-0.1, -0.05) is 17.4 Å². The zero-order chi connectivity index (χ0) is 27.9. The fraction of sp³-hybridized carbons (Fsp3) is 0.333. The lowest BCUT2D eigenvalue weighted by molar-refractivity contribution is -0.159. The Bertz CT molecular complexity index is 1500. The summed E-state index contributed by atoms with van der Waals surface area (Å²) >= 11 is 1.25. The molecule has 1 aliphatic rings. The molecule has 11 nitrogen and oxygen atoms in total. The summed E-state index contributed by atoms with van der Waals surface area (Å²) in [6.45, 7) is 3.27. The van der Waals surface area contributed by atoms with Gasteiger partial charge in [0.15, 0.2) is 0 Å². The number of likely N-dealkylation sites (tertiary alicyclic amines) is 1. The van der Waals surface area contributed by atoms with Crippen LogP contribution in [0.2, 0.25) is 0 Å². The molecule has 4 aromatic rings. The van der Waals surface area contributed by atoms with Crippen molar-refractivity contribution in [3.8, 4) is 5.75 Å². The number of methoxy groups -OCH3 is 1. The highest BCUT2D eigenvalue weighted by Crippen LogP contribution is 2.28. The summed E-state index contributed by atoms with van der Waals surface area (Å²) in [6, 6.07) is 14.3. The normalized spacial score (nSPS) is 15.0. The third kappa shape index (κ3) is 7.39. The third-order valence-electron chi connectivity index (χ3n) is 6.62. The molecule has 0 spiro atoms. The first-order valence-corrected chi connectivity index (χ1v) is 13.2. The second-order valence-corrected chi connectivity index (χ2v) is 10.2. The van der Waals surface area contributed by atoms with E-state index in [1.807, 2.05) is 30.3 Å². The monoisotopic (exact) mass is 554 g/mol. The maximum Gasteiger partial charge on any atom is 0.414 e. The van der Waals surface area contributed by atoms with Crippen LogP contribution < -0.4 is 14.9 Å². The number of aromatic amines is 1. The van der Waals surface area contributed by atoms with Gasteiger partial charge < -0.3 is 35.3 Å². The fourth-order valence-electron chi connectivity index (χ4n) is 4.60. The van der Waals surface area contributed by atoms with Gasteiger partial charge in [-0.15, -0.1) is 0 Å². The van der Waals surface area contributed by atoms with Crippen molar-refractivity contribution < 1.29 is 29.6 Å². The quantitative estimate of drug-likeness (QED) is 0.214. The minimum Gasteiger partial charge on any atom is -0.497 e. The van der Waals surface area contributed by atoms with Crippen molar-refractivity contribution >= 4 is 44.4 Å². The molecular weight excluding hydrogens is 524 g/mol. The summed E-state index contributed by atoms with van der Waals surface area (Å²) < 4.78 is 6.35. The second-order valence-electron chi connectivity index (χ2n) is 9.21. The van der Waals surface area contributed by atoms with Crippen LogP contribution in [0.15, 0.2) is 53.5 Å². The minimum absolute atomic E-state index is 0.0106. The number of aromatic nitrogens is 2. The highest BCUT2D eigenvalue weighted by atomic mass is 32.1. The molecule has 1 saturated heterocycles. The molecule has 0 amide bonds. The van der Waals surface area contributed by atoms with Crippen LogP contribution in [-0.2, 0) is 16.1 Å². The number of thiazole rings is 1. The number of carbonyl (C=O) groups is 2. The molecule has 0 saturated carbocycles. The summed E-state index contributed by atoms with van der Waals surface area (Å²) in [7, 11) is 1.65. The lowest BCUT2D eigenvalue weighted by Gasteiger charge is -2.33. The second kappa shape index (κ2) is 12.8. The number of β-amino-alcohol motifs (C(OH)–C–C–N with tert-alkyl or cyclic N) is 1. The molecule has 12 heteroatoms. The Morgan fingerprint density at radius 2 is 1.90 bits per heavy atom. The first-order valence-electron chi connectivity index (χ1n) is 12.4. The largest absolute Gasteiger partial charge is 0.497 e. The standard InChI is InChI=1S/C25H28N4O3S.C2H2O4/c1-32-18-3-4-21-20(13-18)19(6-9-26-21)23(30)15-29-10-7-17(8-11-29)27-14-16-2-5-24-22(12-16)28-25(31)33-24;3-1(4)2(5)6/h2-6,9,12-13,17,23,27,30H,7-8,10-11,14-15H2,1H3,(H,28,31);(H,3,4)(H,5,6)/t23-;/m0./s1. The molecule has 2 aromatic heterocycles. The van der Waals surface area contributed by atoms with Gasteiger partial charge in [0.05, 0.1) is 28.9 Å². The van der Waals surface area contributed by atoms with Crippen LogP contribution in [-0.4, -0.2) is 74.9 Å². The number of hydrogen-bond acceptors (Lipinski definition) is 9. The number of benzene rings is 2. The summed E-state index contributed by atoms with van der Waals surface area (Å²) in [5.74, 6) is -2.88. The van der Waals surface area contributed by atoms with Gasteiger partial charge in [-0.3, -0.25) is 9.78 Å². The first-order chi connectivity index (χ1) is 18.7. The van der Waals surface area contributed by atoms with Gasteiger partial charge in [0.2, 0.25) is 0 Å². The molecule has 5 N–H and O–H groups in total. The van der Waals surface area contributed by atoms with Crippen molar-refractivity contribution in [2.45, 2.75) is 31.5 Å². The van der Waals surface area contributed by atoms with Gasteiger partial charge in [-0.25, -0.2) is 9.59 Å². The Hall–Kier alpha value is -3.84. The highest BCUT2D eigenvalue weighted by Gasteiger charge is 2.22. The average molecular weight is 555 g/mol. The molecule has 0 aliphatic carbocycles.